The van der Waals surface area contributed by atoms with Gasteiger partial charge in [0.05, 0.1) is 0 Å². The van der Waals surface area contributed by atoms with E-state index < -0.39 is 42.8 Å². The maximum atomic E-state index is 13.7. The average molecular weight is 389 g/mol. The van der Waals surface area contributed by atoms with E-state index in [2.05, 4.69) is 13.2 Å². The molecule has 1 rings (SSSR count). The molecule has 2 nitrogen and oxygen atoms in total. The topological polar surface area (TPSA) is 23.5 Å². The minimum Gasteiger partial charge on any atom is -0.385 e. The van der Waals surface area contributed by atoms with E-state index in [9.17, 15) is 35.8 Å². The molecule has 1 N–H and O–H groups in total. The fourth-order valence-electron chi connectivity index (χ4n) is 3.03. The molecule has 0 saturated heterocycles. The van der Waals surface area contributed by atoms with Crippen LogP contribution in [0.25, 0.3) is 0 Å². The Kier molecular flexibility index (Phi) is 7.09. The Morgan fingerprint density at radius 3 is 2.15 bits per heavy atom. The number of β-amino-alcohol motifs (C(OH)–C–C–N with tert-alkyl or cyclic N) is 1. The second-order valence-corrected chi connectivity index (χ2v) is 6.39. The molecule has 150 valence electrons. The average Bonchev–Trinajstić information content (AvgIpc) is 2.49. The van der Waals surface area contributed by atoms with Crippen LogP contribution >= 0.6 is 0 Å². The minimum absolute atomic E-state index is 0.263. The summed E-state index contributed by atoms with van der Waals surface area (Å²) in [6, 6.07) is -0.997. The van der Waals surface area contributed by atoms with Gasteiger partial charge in [-0.25, -0.2) is 0 Å². The van der Waals surface area contributed by atoms with Crippen molar-refractivity contribution in [1.29, 1.82) is 0 Å². The van der Waals surface area contributed by atoms with Gasteiger partial charge in [-0.2, -0.15) is 30.7 Å². The normalized spacial score (nSPS) is 24.1. The second-order valence-electron chi connectivity index (χ2n) is 6.39. The zero-order chi connectivity index (χ0) is 20.3. The zero-order valence-corrected chi connectivity index (χ0v) is 14.2. The lowest BCUT2D eigenvalue weighted by Gasteiger charge is -2.43. The van der Waals surface area contributed by atoms with Gasteiger partial charge in [0.25, 0.3) is 0 Å². The van der Waals surface area contributed by atoms with Gasteiger partial charge >= 0.3 is 18.0 Å². The van der Waals surface area contributed by atoms with Crippen LogP contribution in [0.5, 0.6) is 0 Å². The molecule has 0 radical (unpaired) electrons. The Morgan fingerprint density at radius 1 is 1.15 bits per heavy atom. The predicted octanol–water partition coefficient (Wildman–Crippen LogP) is 4.72. The zero-order valence-electron chi connectivity index (χ0n) is 14.2. The Hall–Kier alpha value is -1.35. The van der Waals surface area contributed by atoms with Crippen molar-refractivity contribution in [1.82, 2.24) is 4.90 Å². The van der Waals surface area contributed by atoms with Crippen LogP contribution < -0.4 is 0 Å². The first-order valence-corrected chi connectivity index (χ1v) is 7.94. The lowest BCUT2D eigenvalue weighted by atomic mass is 9.91. The third kappa shape index (κ3) is 4.49. The summed E-state index contributed by atoms with van der Waals surface area (Å²) in [7, 11) is 0. The van der Waals surface area contributed by atoms with Crippen LogP contribution in [0.1, 0.15) is 26.2 Å². The molecule has 9 heteroatoms. The molecule has 0 amide bonds. The number of alkyl halides is 7. The van der Waals surface area contributed by atoms with E-state index in [-0.39, 0.29) is 6.42 Å². The highest BCUT2D eigenvalue weighted by atomic mass is 19.4. The number of aliphatic hydroxyl groups excluding tert-OH is 1. The van der Waals surface area contributed by atoms with Gasteiger partial charge < -0.3 is 5.11 Å². The maximum absolute atomic E-state index is 13.7. The van der Waals surface area contributed by atoms with Crippen LogP contribution in [0.3, 0.4) is 0 Å². The van der Waals surface area contributed by atoms with Gasteiger partial charge in [0.2, 0.25) is 0 Å². The van der Waals surface area contributed by atoms with E-state index in [1.54, 1.807) is 13.0 Å². The molecule has 1 heterocycles. The number of aliphatic hydroxyl groups is 1. The van der Waals surface area contributed by atoms with Crippen LogP contribution in [-0.4, -0.2) is 52.8 Å². The van der Waals surface area contributed by atoms with Crippen molar-refractivity contribution in [3.63, 3.8) is 0 Å². The van der Waals surface area contributed by atoms with Gasteiger partial charge in [-0.15, -0.1) is 13.2 Å². The molecule has 0 fully saturated rings. The summed E-state index contributed by atoms with van der Waals surface area (Å²) in [5.41, 5.74) is 0.918. The predicted molar refractivity (Wildman–Crippen MR) is 84.2 cm³/mol. The lowest BCUT2D eigenvalue weighted by Crippen LogP contribution is -2.61. The quantitative estimate of drug-likeness (QED) is 0.480. The summed E-state index contributed by atoms with van der Waals surface area (Å²) in [5, 5.41) is 9.62. The molecule has 1 aliphatic heterocycles. The molecule has 0 bridgehead atoms. The third-order valence-electron chi connectivity index (χ3n) is 4.35. The van der Waals surface area contributed by atoms with Gasteiger partial charge in [0.15, 0.2) is 0 Å². The fourth-order valence-corrected chi connectivity index (χ4v) is 3.03. The maximum Gasteiger partial charge on any atom is 0.459 e. The molecule has 0 aromatic heterocycles. The second kappa shape index (κ2) is 8.12. The van der Waals surface area contributed by atoms with E-state index in [4.69, 9.17) is 0 Å². The molecule has 3 atom stereocenters. The SMILES string of the molecule is C=CC[C@@H]1CC(C)=C[C@@H](CC=C)N1C[C@@H](O)C(F)(F)C(F)(F)C(F)(F)F. The fraction of sp³-hybridized carbons (Fsp3) is 0.647. The van der Waals surface area contributed by atoms with Crippen molar-refractivity contribution >= 4 is 0 Å². The summed E-state index contributed by atoms with van der Waals surface area (Å²) >= 11 is 0. The minimum atomic E-state index is -6.48. The van der Waals surface area contributed by atoms with Gasteiger partial charge in [-0.05, 0) is 26.2 Å². The van der Waals surface area contributed by atoms with E-state index in [0.29, 0.717) is 12.8 Å². The number of rotatable bonds is 8. The van der Waals surface area contributed by atoms with Crippen molar-refractivity contribution in [3.8, 4) is 0 Å². The Balaban J connectivity index is 3.14. The summed E-state index contributed by atoms with van der Waals surface area (Å²) in [5.74, 6) is -12.0. The molecular weight excluding hydrogens is 367 g/mol. The number of nitrogens with zero attached hydrogens (tertiary/aromatic N) is 1. The molecule has 0 saturated carbocycles. The van der Waals surface area contributed by atoms with E-state index in [1.165, 1.54) is 17.1 Å². The van der Waals surface area contributed by atoms with Gasteiger partial charge in [0.1, 0.15) is 6.10 Å². The number of halogens is 7. The van der Waals surface area contributed by atoms with Crippen molar-refractivity contribution in [2.45, 2.75) is 62.4 Å². The molecule has 0 aliphatic carbocycles. The number of hydrogen-bond donors (Lipinski definition) is 1. The molecule has 0 unspecified atom stereocenters. The summed E-state index contributed by atoms with van der Waals surface area (Å²) in [6.07, 6.45) is -4.04. The first-order chi connectivity index (χ1) is 11.8. The monoisotopic (exact) mass is 389 g/mol. The van der Waals surface area contributed by atoms with Crippen LogP contribution in [0.4, 0.5) is 30.7 Å². The number of hydrogen-bond acceptors (Lipinski definition) is 2. The first kappa shape index (κ1) is 22.7. The van der Waals surface area contributed by atoms with Crippen LogP contribution in [0.15, 0.2) is 37.0 Å². The highest BCUT2D eigenvalue weighted by molar-refractivity contribution is 5.15. The van der Waals surface area contributed by atoms with Gasteiger partial charge in [0, 0.05) is 18.6 Å². The van der Waals surface area contributed by atoms with Crippen LogP contribution in [-0.2, 0) is 0 Å². The lowest BCUT2D eigenvalue weighted by molar-refractivity contribution is -0.371. The van der Waals surface area contributed by atoms with Crippen LogP contribution in [0, 0.1) is 0 Å². The van der Waals surface area contributed by atoms with Crippen LogP contribution in [0.2, 0.25) is 0 Å². The Bertz CT molecular complexity index is 542. The largest absolute Gasteiger partial charge is 0.459 e. The first-order valence-electron chi connectivity index (χ1n) is 7.94. The van der Waals surface area contributed by atoms with Gasteiger partial charge in [-0.1, -0.05) is 23.8 Å². The third-order valence-corrected chi connectivity index (χ3v) is 4.35. The van der Waals surface area contributed by atoms with Crippen molar-refractivity contribution in [3.05, 3.63) is 37.0 Å². The van der Waals surface area contributed by atoms with Crippen molar-refractivity contribution in [2.75, 3.05) is 6.54 Å². The molecule has 0 spiro atoms. The highest BCUT2D eigenvalue weighted by Gasteiger charge is 2.75. The molecule has 1 aliphatic rings. The van der Waals surface area contributed by atoms with Crippen molar-refractivity contribution < 1.29 is 35.8 Å². The molecular formula is C17H22F7NO. The molecule has 26 heavy (non-hydrogen) atoms. The summed E-state index contributed by atoms with van der Waals surface area (Å²) in [4.78, 5) is 1.31. The Labute approximate surface area is 147 Å². The molecule has 0 aromatic carbocycles. The van der Waals surface area contributed by atoms with E-state index in [1.807, 2.05) is 0 Å². The van der Waals surface area contributed by atoms with E-state index in [0.717, 1.165) is 5.57 Å². The van der Waals surface area contributed by atoms with Gasteiger partial charge in [-0.3, -0.25) is 4.90 Å². The summed E-state index contributed by atoms with van der Waals surface area (Å²) < 4.78 is 90.8. The van der Waals surface area contributed by atoms with Crippen molar-refractivity contribution in [2.24, 2.45) is 0 Å². The smallest absolute Gasteiger partial charge is 0.385 e. The Morgan fingerprint density at radius 2 is 1.69 bits per heavy atom. The molecule has 0 aromatic rings. The summed E-state index contributed by atoms with van der Waals surface area (Å²) in [6.45, 7) is 7.82. The standard InChI is InChI=1S/C17H22F7NO/c1-4-6-12-8-11(3)9-13(7-5-2)25(12)10-14(26)15(18,19)16(20,21)17(22,23)24/h4-5,8,12-14,26H,1-2,6-7,9-10H2,3H3/t12-,13-,14-/m1/s1. The highest BCUT2D eigenvalue weighted by Crippen LogP contribution is 2.48. The van der Waals surface area contributed by atoms with E-state index >= 15 is 0 Å².